The van der Waals surface area contributed by atoms with Crippen molar-refractivity contribution in [2.45, 2.75) is 19.8 Å². The molecule has 1 aliphatic rings. The topological polar surface area (TPSA) is 17.1 Å². The molecule has 1 aliphatic carbocycles. The Morgan fingerprint density at radius 2 is 2.27 bits per heavy atom. The third-order valence-electron chi connectivity index (χ3n) is 0.586. The Morgan fingerprint density at radius 1 is 1.82 bits per heavy atom. The van der Waals surface area contributed by atoms with Gasteiger partial charge in [0.05, 0.1) is 0 Å². The van der Waals surface area contributed by atoms with Gasteiger partial charge in [0.1, 0.15) is 0 Å². The van der Waals surface area contributed by atoms with Crippen LogP contribution < -0.4 is 0 Å². The summed E-state index contributed by atoms with van der Waals surface area (Å²) in [4.78, 5) is 9.91. The SMILES string of the molecule is O=[C]=[Mn].[C-]1=CC=CC1.[CH2-]CC. The van der Waals surface area contributed by atoms with Gasteiger partial charge in [-0.25, -0.2) is 12.2 Å². The molecule has 0 aromatic carbocycles. The number of hydrogen-bond acceptors (Lipinski definition) is 1. The van der Waals surface area contributed by atoms with Crippen LogP contribution in [0, 0.1) is 13.0 Å². The van der Waals surface area contributed by atoms with Crippen molar-refractivity contribution in [1.29, 1.82) is 0 Å². The van der Waals surface area contributed by atoms with E-state index in [4.69, 9.17) is 4.79 Å². The van der Waals surface area contributed by atoms with Gasteiger partial charge in [-0.3, -0.25) is 6.08 Å². The Labute approximate surface area is 76.5 Å². The second-order valence-electron chi connectivity index (χ2n) is 1.58. The van der Waals surface area contributed by atoms with Gasteiger partial charge in [-0.2, -0.15) is 12.5 Å². The van der Waals surface area contributed by atoms with Crippen LogP contribution in [-0.2, 0) is 20.4 Å². The first-order valence-corrected chi connectivity index (χ1v) is 3.91. The number of rotatable bonds is 0. The van der Waals surface area contributed by atoms with Crippen LogP contribution in [0.25, 0.3) is 0 Å². The van der Waals surface area contributed by atoms with E-state index in [1.807, 2.05) is 19.1 Å². The van der Waals surface area contributed by atoms with Gasteiger partial charge in [0.15, 0.2) is 0 Å². The molecule has 1 nitrogen and oxygen atoms in total. The molecule has 0 fully saturated rings. The summed E-state index contributed by atoms with van der Waals surface area (Å²) in [5.74, 6) is 0. The molecule has 0 radical (unpaired) electrons. The van der Waals surface area contributed by atoms with Crippen LogP contribution in [0.15, 0.2) is 18.2 Å². The molecule has 0 aromatic rings. The maximum absolute atomic E-state index is 8.60. The number of allylic oxidation sites excluding steroid dienone is 4. The van der Waals surface area contributed by atoms with Crippen molar-refractivity contribution in [3.8, 4) is 0 Å². The first-order valence-electron chi connectivity index (χ1n) is 3.32. The molecule has 0 aromatic heterocycles. The van der Waals surface area contributed by atoms with E-state index in [0.717, 1.165) is 12.8 Å². The minimum atomic E-state index is 1.00. The molecule has 0 unspecified atom stereocenters. The Balaban J connectivity index is 0. The smallest absolute Gasteiger partial charge is 0.0927 e. The van der Waals surface area contributed by atoms with Crippen LogP contribution >= 0.6 is 0 Å². The fourth-order valence-corrected chi connectivity index (χ4v) is 0.340. The zero-order valence-electron chi connectivity index (χ0n) is 6.64. The second kappa shape index (κ2) is 16.3. The standard InChI is InChI=1S/C5H5.C3H7.CO.Mn/c1-2-4-5-3-1;1-3-2;1-2;/h1-3H,4H2;1,3H2,2H3;;/q2*-1;;. The molecule has 0 saturated heterocycles. The maximum atomic E-state index is 8.60. The number of carbonyl (C=O) groups excluding carboxylic acids is 1. The molecule has 0 atom stereocenters. The van der Waals surface area contributed by atoms with Crippen LogP contribution in [-0.4, -0.2) is 4.79 Å². The fourth-order valence-electron chi connectivity index (χ4n) is 0.340. The van der Waals surface area contributed by atoms with Gasteiger partial charge in [0.25, 0.3) is 0 Å². The Morgan fingerprint density at radius 3 is 2.36 bits per heavy atom. The number of hydrogen-bond donors (Lipinski definition) is 0. The first-order chi connectivity index (χ1) is 5.33. The van der Waals surface area contributed by atoms with Crippen molar-refractivity contribution < 1.29 is 20.4 Å². The fraction of sp³-hybridized carbons (Fsp3) is 0.333. The molecule has 0 spiro atoms. The molecule has 2 heteroatoms. The van der Waals surface area contributed by atoms with Crippen molar-refractivity contribution in [3.05, 3.63) is 31.2 Å². The predicted molar refractivity (Wildman–Crippen MR) is 42.9 cm³/mol. The summed E-state index contributed by atoms with van der Waals surface area (Å²) in [6.45, 7) is 5.50. The summed E-state index contributed by atoms with van der Waals surface area (Å²) < 4.78 is 0. The molecule has 0 heterocycles. The minimum absolute atomic E-state index is 1.00. The van der Waals surface area contributed by atoms with Gasteiger partial charge >= 0.3 is 25.2 Å². The van der Waals surface area contributed by atoms with Crippen molar-refractivity contribution in [3.63, 3.8) is 0 Å². The van der Waals surface area contributed by atoms with Gasteiger partial charge in [0, 0.05) is 0 Å². The van der Waals surface area contributed by atoms with Gasteiger partial charge in [-0.15, -0.1) is 6.42 Å². The van der Waals surface area contributed by atoms with E-state index in [1.54, 1.807) is 0 Å². The zero-order chi connectivity index (χ0) is 8.95. The van der Waals surface area contributed by atoms with Crippen molar-refractivity contribution in [2.75, 3.05) is 0 Å². The van der Waals surface area contributed by atoms with Crippen LogP contribution in [0.4, 0.5) is 0 Å². The zero-order valence-corrected chi connectivity index (χ0v) is 7.82. The van der Waals surface area contributed by atoms with Crippen molar-refractivity contribution >= 4 is 4.79 Å². The molecule has 0 aliphatic heterocycles. The van der Waals surface area contributed by atoms with E-state index < -0.39 is 0 Å². The van der Waals surface area contributed by atoms with E-state index in [-0.39, 0.29) is 0 Å². The minimum Gasteiger partial charge on any atom is -0.344 e. The van der Waals surface area contributed by atoms with Crippen molar-refractivity contribution in [1.82, 2.24) is 0 Å². The van der Waals surface area contributed by atoms with Gasteiger partial charge < -0.3 is 6.92 Å². The third-order valence-corrected chi connectivity index (χ3v) is 0.586. The largest absolute Gasteiger partial charge is 0.344 e. The summed E-state index contributed by atoms with van der Waals surface area (Å²) in [5, 5.41) is 0. The van der Waals surface area contributed by atoms with E-state index >= 15 is 0 Å². The third kappa shape index (κ3) is 26.2. The van der Waals surface area contributed by atoms with Crippen molar-refractivity contribution in [2.24, 2.45) is 0 Å². The first kappa shape index (κ1) is 13.2. The second-order valence-corrected chi connectivity index (χ2v) is 1.82. The summed E-state index contributed by atoms with van der Waals surface area (Å²) >= 11 is 2.34. The molecule has 0 amide bonds. The van der Waals surface area contributed by atoms with Crippen LogP contribution in [0.2, 0.25) is 0 Å². The average molecular weight is 191 g/mol. The monoisotopic (exact) mass is 191 g/mol. The van der Waals surface area contributed by atoms with Crippen LogP contribution in [0.3, 0.4) is 0 Å². The normalized spacial score (nSPS) is 10.4. The van der Waals surface area contributed by atoms with Crippen LogP contribution in [0.5, 0.6) is 0 Å². The van der Waals surface area contributed by atoms with Gasteiger partial charge in [0.2, 0.25) is 0 Å². The molecular formula is C9H12MnO-2. The van der Waals surface area contributed by atoms with E-state index in [0.29, 0.717) is 0 Å². The van der Waals surface area contributed by atoms with Gasteiger partial charge in [-0.05, 0) is 0 Å². The molecule has 63 valence electrons. The summed E-state index contributed by atoms with van der Waals surface area (Å²) in [6.07, 6.45) is 11.0. The van der Waals surface area contributed by atoms with E-state index in [9.17, 15) is 0 Å². The average Bonchev–Trinajstić information content (AvgIpc) is 2.44. The van der Waals surface area contributed by atoms with Crippen LogP contribution in [0.1, 0.15) is 19.8 Å². The molecule has 0 saturated carbocycles. The van der Waals surface area contributed by atoms with E-state index in [2.05, 4.69) is 34.7 Å². The molecule has 0 N–H and O–H groups in total. The summed E-state index contributed by atoms with van der Waals surface area (Å²) in [5.41, 5.74) is 0. The molecule has 11 heavy (non-hydrogen) atoms. The maximum Gasteiger partial charge on any atom is -0.0927 e. The summed E-state index contributed by atoms with van der Waals surface area (Å²) in [6, 6.07) is 0. The molecule has 0 bridgehead atoms. The Bertz CT molecular complexity index is 132. The Kier molecular flexibility index (Phi) is 19.5. The molecular weight excluding hydrogens is 179 g/mol. The predicted octanol–water partition coefficient (Wildman–Crippen LogP) is 2.14. The van der Waals surface area contributed by atoms with E-state index in [1.165, 1.54) is 4.79 Å². The Hall–Kier alpha value is -0.421. The quantitative estimate of drug-likeness (QED) is 0.423. The summed E-state index contributed by atoms with van der Waals surface area (Å²) in [7, 11) is 0. The molecule has 1 rings (SSSR count). The van der Waals surface area contributed by atoms with Gasteiger partial charge in [-0.1, -0.05) is 6.92 Å².